The highest BCUT2D eigenvalue weighted by Gasteiger charge is 2.30. The van der Waals surface area contributed by atoms with Gasteiger partial charge in [0.15, 0.2) is 0 Å². The molecule has 2 heteroatoms. The fourth-order valence-electron chi connectivity index (χ4n) is 4.09. The van der Waals surface area contributed by atoms with Gasteiger partial charge in [0.2, 0.25) is 0 Å². The zero-order chi connectivity index (χ0) is 21.5. The Labute approximate surface area is 185 Å². The van der Waals surface area contributed by atoms with Crippen LogP contribution in [0.2, 0.25) is 0 Å². The molecular formula is C29H27NO. The lowest BCUT2D eigenvalue weighted by Gasteiger charge is -2.38. The van der Waals surface area contributed by atoms with Gasteiger partial charge in [-0.25, -0.2) is 0 Å². The van der Waals surface area contributed by atoms with Crippen molar-refractivity contribution in [3.8, 4) is 5.75 Å². The fraction of sp³-hybridized carbons (Fsp3) is 0.103. The van der Waals surface area contributed by atoms with Gasteiger partial charge in [-0.1, -0.05) is 84.9 Å². The molecule has 154 valence electrons. The summed E-state index contributed by atoms with van der Waals surface area (Å²) in [5, 5.41) is 0. The molecule has 0 aliphatic rings. The molecule has 4 aromatic carbocycles. The molecule has 4 rings (SSSR count). The van der Waals surface area contributed by atoms with E-state index in [1.165, 1.54) is 11.1 Å². The third-order valence-electron chi connectivity index (χ3n) is 5.58. The maximum absolute atomic E-state index is 5.38. The average Bonchev–Trinajstić information content (AvgIpc) is 2.86. The van der Waals surface area contributed by atoms with Crippen LogP contribution in [0.5, 0.6) is 5.75 Å². The van der Waals surface area contributed by atoms with Gasteiger partial charge in [-0.3, -0.25) is 0 Å². The molecule has 4 aromatic rings. The summed E-state index contributed by atoms with van der Waals surface area (Å²) in [4.78, 5) is 2.41. The first kappa shape index (κ1) is 20.5. The normalized spacial score (nSPS) is 12.5. The number of benzene rings is 4. The summed E-state index contributed by atoms with van der Waals surface area (Å²) in [6.45, 7) is 4.24. The number of hydrogen-bond acceptors (Lipinski definition) is 2. The number of hydrogen-bond donors (Lipinski definition) is 0. The van der Waals surface area contributed by atoms with E-state index in [0.29, 0.717) is 0 Å². The van der Waals surface area contributed by atoms with E-state index in [2.05, 4.69) is 121 Å². The van der Waals surface area contributed by atoms with Crippen molar-refractivity contribution in [1.82, 2.24) is 0 Å². The van der Waals surface area contributed by atoms with Crippen LogP contribution in [-0.4, -0.2) is 7.11 Å². The van der Waals surface area contributed by atoms with E-state index >= 15 is 0 Å². The van der Waals surface area contributed by atoms with Gasteiger partial charge in [0.25, 0.3) is 0 Å². The molecular weight excluding hydrogens is 378 g/mol. The monoisotopic (exact) mass is 405 g/mol. The molecule has 2 nitrogen and oxygen atoms in total. The Bertz CT molecular complexity index is 1040. The highest BCUT2D eigenvalue weighted by molar-refractivity contribution is 5.66. The Kier molecular flexibility index (Phi) is 6.49. The molecule has 0 unspecified atom stereocenters. The number of nitrogens with zero attached hydrogens (tertiary/aromatic N) is 1. The van der Waals surface area contributed by atoms with Crippen molar-refractivity contribution in [3.05, 3.63) is 139 Å². The van der Waals surface area contributed by atoms with Crippen LogP contribution < -0.4 is 9.64 Å². The van der Waals surface area contributed by atoms with E-state index in [1.54, 1.807) is 7.11 Å². The minimum Gasteiger partial charge on any atom is -0.497 e. The van der Waals surface area contributed by atoms with Crippen molar-refractivity contribution in [2.24, 2.45) is 0 Å². The Balaban J connectivity index is 1.90. The molecule has 0 radical (unpaired) electrons. The maximum atomic E-state index is 5.38. The van der Waals surface area contributed by atoms with Crippen molar-refractivity contribution in [1.29, 1.82) is 0 Å². The zero-order valence-electron chi connectivity index (χ0n) is 17.8. The summed E-state index contributed by atoms with van der Waals surface area (Å²) in [7, 11) is 1.69. The van der Waals surface area contributed by atoms with E-state index in [-0.39, 0.29) is 12.0 Å². The smallest absolute Gasteiger partial charge is 0.118 e. The fourth-order valence-corrected chi connectivity index (χ4v) is 4.09. The lowest BCUT2D eigenvalue weighted by Crippen LogP contribution is -2.28. The van der Waals surface area contributed by atoms with Gasteiger partial charge < -0.3 is 9.64 Å². The molecule has 0 N–H and O–H groups in total. The van der Waals surface area contributed by atoms with Crippen LogP contribution >= 0.6 is 0 Å². The predicted molar refractivity (Wildman–Crippen MR) is 130 cm³/mol. The zero-order valence-corrected chi connectivity index (χ0v) is 17.8. The van der Waals surface area contributed by atoms with Gasteiger partial charge in [0.1, 0.15) is 5.75 Å². The number of ether oxygens (including phenoxy) is 1. The number of para-hydroxylation sites is 2. The third kappa shape index (κ3) is 4.54. The molecule has 0 spiro atoms. The summed E-state index contributed by atoms with van der Waals surface area (Å²) in [6.07, 6.45) is 2.05. The predicted octanol–water partition coefficient (Wildman–Crippen LogP) is 7.54. The topological polar surface area (TPSA) is 12.5 Å². The molecule has 0 saturated heterocycles. The maximum Gasteiger partial charge on any atom is 0.118 e. The molecule has 0 fully saturated rings. The second-order valence-corrected chi connectivity index (χ2v) is 7.43. The Hall–Kier alpha value is -3.78. The van der Waals surface area contributed by atoms with Crippen LogP contribution in [0.1, 0.15) is 23.1 Å². The van der Waals surface area contributed by atoms with Crippen molar-refractivity contribution in [3.63, 3.8) is 0 Å². The first-order valence-electron chi connectivity index (χ1n) is 10.5. The largest absolute Gasteiger partial charge is 0.497 e. The summed E-state index contributed by atoms with van der Waals surface area (Å²) in [5.41, 5.74) is 4.71. The van der Waals surface area contributed by atoms with E-state index in [1.807, 2.05) is 12.1 Å². The van der Waals surface area contributed by atoms with Crippen molar-refractivity contribution < 1.29 is 4.74 Å². The molecule has 0 aromatic heterocycles. The van der Waals surface area contributed by atoms with Crippen LogP contribution in [0.15, 0.2) is 128 Å². The Morgan fingerprint density at radius 3 is 1.58 bits per heavy atom. The molecule has 0 bridgehead atoms. The van der Waals surface area contributed by atoms with Crippen LogP contribution in [0.4, 0.5) is 11.4 Å². The molecule has 0 aliphatic carbocycles. The van der Waals surface area contributed by atoms with Crippen LogP contribution in [0, 0.1) is 0 Å². The van der Waals surface area contributed by atoms with E-state index < -0.39 is 0 Å². The molecule has 2 atom stereocenters. The molecule has 0 heterocycles. The van der Waals surface area contributed by atoms with E-state index in [4.69, 9.17) is 4.74 Å². The molecule has 31 heavy (non-hydrogen) atoms. The van der Waals surface area contributed by atoms with Gasteiger partial charge in [0.05, 0.1) is 13.2 Å². The van der Waals surface area contributed by atoms with Gasteiger partial charge >= 0.3 is 0 Å². The first-order chi connectivity index (χ1) is 15.3. The number of anilines is 2. The van der Waals surface area contributed by atoms with Crippen LogP contribution in [-0.2, 0) is 0 Å². The minimum absolute atomic E-state index is 0.0249. The molecule has 0 saturated carbocycles. The van der Waals surface area contributed by atoms with Crippen molar-refractivity contribution >= 4 is 11.4 Å². The minimum atomic E-state index is 0.0249. The van der Waals surface area contributed by atoms with Crippen molar-refractivity contribution in [2.75, 3.05) is 12.0 Å². The van der Waals surface area contributed by atoms with E-state index in [9.17, 15) is 0 Å². The second-order valence-electron chi connectivity index (χ2n) is 7.43. The Morgan fingerprint density at radius 1 is 0.645 bits per heavy atom. The lowest BCUT2D eigenvalue weighted by molar-refractivity contribution is 0.414. The number of rotatable bonds is 8. The van der Waals surface area contributed by atoms with Gasteiger partial charge in [0, 0.05) is 17.3 Å². The second kappa shape index (κ2) is 9.82. The highest BCUT2D eigenvalue weighted by atomic mass is 16.5. The van der Waals surface area contributed by atoms with Gasteiger partial charge in [-0.05, 0) is 47.5 Å². The summed E-state index contributed by atoms with van der Waals surface area (Å²) >= 11 is 0. The van der Waals surface area contributed by atoms with Crippen molar-refractivity contribution in [2.45, 2.75) is 12.0 Å². The quantitative estimate of drug-likeness (QED) is 0.281. The Morgan fingerprint density at radius 2 is 1.13 bits per heavy atom. The first-order valence-corrected chi connectivity index (χ1v) is 10.5. The summed E-state index contributed by atoms with van der Waals surface area (Å²) < 4.78 is 5.38. The lowest BCUT2D eigenvalue weighted by atomic mass is 9.85. The van der Waals surface area contributed by atoms with Crippen LogP contribution in [0.25, 0.3) is 0 Å². The summed E-state index contributed by atoms with van der Waals surface area (Å²) in [6, 6.07) is 40.1. The summed E-state index contributed by atoms with van der Waals surface area (Å²) in [5.74, 6) is 0.916. The SMILES string of the molecule is C=C[C@H](c1ccc(OC)cc1)[C@@H](c1ccccc1)N(c1ccccc1)c1ccccc1. The number of methoxy groups -OCH3 is 1. The average molecular weight is 406 g/mol. The van der Waals surface area contributed by atoms with Gasteiger partial charge in [-0.15, -0.1) is 6.58 Å². The van der Waals surface area contributed by atoms with Gasteiger partial charge in [-0.2, -0.15) is 0 Å². The molecule has 0 aliphatic heterocycles. The molecule has 0 amide bonds. The van der Waals surface area contributed by atoms with Crippen LogP contribution in [0.3, 0.4) is 0 Å². The highest BCUT2D eigenvalue weighted by Crippen LogP contribution is 2.43. The third-order valence-corrected chi connectivity index (χ3v) is 5.58. The standard InChI is InChI=1S/C29H27NO/c1-3-28(23-19-21-27(31-2)22-20-23)29(24-13-7-4-8-14-24)30(25-15-9-5-10-16-25)26-17-11-6-12-18-26/h3-22,28-29H,1H2,2H3/t28-,29-/m1/s1. The van der Waals surface area contributed by atoms with E-state index in [0.717, 1.165) is 17.1 Å².